The summed E-state index contributed by atoms with van der Waals surface area (Å²) in [7, 11) is 0. The van der Waals surface area contributed by atoms with Gasteiger partial charge in [-0.2, -0.15) is 0 Å². The SMILES string of the molecule is [2H]C([2H])([2H])c1c[c-]c(-c2cc(C([2H])(C)C)[c]([Ge]([CH3])([CH3])[CH3])cn2)c(F)c1.[Ir].[c-]1ccc2c(oc3ccccc32)c1-c1cc(CC2CCCC2)ccn1. The Hall–Kier alpha value is -3.12. The fraction of sp³-hybridized carbons (Fsp3) is 0.317. The Bertz CT molecular complexity index is 2150. The zero-order valence-corrected chi connectivity index (χ0v) is 32.1. The van der Waals surface area contributed by atoms with Crippen LogP contribution in [0.4, 0.5) is 4.39 Å². The van der Waals surface area contributed by atoms with Crippen LogP contribution >= 0.6 is 0 Å². The second kappa shape index (κ2) is 15.0. The van der Waals surface area contributed by atoms with E-state index in [0.29, 0.717) is 5.69 Å². The quantitative estimate of drug-likeness (QED) is 0.124. The molecule has 1 aliphatic carbocycles. The van der Waals surface area contributed by atoms with E-state index in [2.05, 4.69) is 63.6 Å². The van der Waals surface area contributed by atoms with Crippen molar-refractivity contribution in [2.45, 2.75) is 76.0 Å². The molecule has 1 aliphatic rings. The maximum atomic E-state index is 14.5. The molecule has 0 saturated heterocycles. The van der Waals surface area contributed by atoms with Gasteiger partial charge in [0.25, 0.3) is 0 Å². The second-order valence-corrected chi connectivity index (χ2v) is 24.1. The van der Waals surface area contributed by atoms with Crippen LogP contribution in [0.1, 0.15) is 67.6 Å². The van der Waals surface area contributed by atoms with Crippen molar-refractivity contribution < 1.29 is 34.4 Å². The first-order chi connectivity index (χ1) is 23.6. The molecule has 0 spiro atoms. The maximum Gasteiger partial charge on any atom is 0.120 e. The average Bonchev–Trinajstić information content (AvgIpc) is 3.71. The first kappa shape index (κ1) is 30.0. The molecule has 0 unspecified atom stereocenters. The van der Waals surface area contributed by atoms with Crippen molar-refractivity contribution >= 4 is 39.6 Å². The third kappa shape index (κ3) is 7.96. The van der Waals surface area contributed by atoms with Gasteiger partial charge in [0.2, 0.25) is 0 Å². The minimum atomic E-state index is -2.37. The van der Waals surface area contributed by atoms with Gasteiger partial charge in [-0.25, -0.2) is 0 Å². The first-order valence-electron chi connectivity index (χ1n) is 18.1. The molecule has 0 amide bonds. The van der Waals surface area contributed by atoms with Gasteiger partial charge in [0.05, 0.1) is 5.58 Å². The van der Waals surface area contributed by atoms with Gasteiger partial charge in [-0.1, -0.05) is 66.5 Å². The first-order valence-corrected chi connectivity index (χ1v) is 23.4. The molecule has 0 atom stereocenters. The molecule has 6 heteroatoms. The minimum Gasteiger partial charge on any atom is -0.501 e. The van der Waals surface area contributed by atoms with E-state index in [0.717, 1.165) is 61.6 Å². The van der Waals surface area contributed by atoms with Crippen molar-refractivity contribution in [3.63, 3.8) is 0 Å². The summed E-state index contributed by atoms with van der Waals surface area (Å²) in [5.41, 5.74) is 6.36. The van der Waals surface area contributed by atoms with Crippen LogP contribution in [0.2, 0.25) is 17.3 Å². The number of pyridine rings is 2. The Balaban J connectivity index is 0.000000194. The Morgan fingerprint density at radius 2 is 1.74 bits per heavy atom. The summed E-state index contributed by atoms with van der Waals surface area (Å²) in [6, 6.07) is 26.7. The number of aromatic nitrogens is 2. The van der Waals surface area contributed by atoms with E-state index >= 15 is 0 Å². The predicted molar refractivity (Wildman–Crippen MR) is 192 cm³/mol. The molecule has 1 saturated carbocycles. The second-order valence-electron chi connectivity index (χ2n) is 13.6. The van der Waals surface area contributed by atoms with Gasteiger partial charge < -0.3 is 9.40 Å². The number of halogens is 1. The molecule has 3 heterocycles. The molecular weight excluding hydrogens is 820 g/mol. The number of nitrogens with zero attached hydrogens (tertiary/aromatic N) is 2. The third-order valence-electron chi connectivity index (χ3n) is 8.82. The molecular formula is C41H43FGeIrN2O-2. The Labute approximate surface area is 300 Å². The van der Waals surface area contributed by atoms with Crippen molar-refractivity contribution in [1.82, 2.24) is 9.97 Å². The van der Waals surface area contributed by atoms with Crippen LogP contribution in [0.25, 0.3) is 44.5 Å². The zero-order valence-electron chi connectivity index (χ0n) is 31.6. The van der Waals surface area contributed by atoms with E-state index in [1.807, 2.05) is 30.5 Å². The fourth-order valence-electron chi connectivity index (χ4n) is 6.44. The van der Waals surface area contributed by atoms with Crippen molar-refractivity contribution in [2.24, 2.45) is 5.92 Å². The molecule has 0 aliphatic heterocycles. The summed E-state index contributed by atoms with van der Waals surface area (Å²) in [6.45, 7) is 1.24. The van der Waals surface area contributed by atoms with Crippen LogP contribution < -0.4 is 4.40 Å². The summed E-state index contributed by atoms with van der Waals surface area (Å²) in [5.74, 6) is 6.01. The van der Waals surface area contributed by atoms with Crippen LogP contribution in [0.15, 0.2) is 83.5 Å². The minimum absolute atomic E-state index is 0. The van der Waals surface area contributed by atoms with Gasteiger partial charge in [0.15, 0.2) is 0 Å². The van der Waals surface area contributed by atoms with Crippen molar-refractivity contribution in [3.05, 3.63) is 114 Å². The van der Waals surface area contributed by atoms with E-state index < -0.39 is 31.8 Å². The van der Waals surface area contributed by atoms with Crippen molar-refractivity contribution in [3.8, 4) is 22.5 Å². The van der Waals surface area contributed by atoms with Crippen LogP contribution in [0.3, 0.4) is 0 Å². The van der Waals surface area contributed by atoms with Crippen LogP contribution in [-0.2, 0) is 26.5 Å². The molecule has 3 nitrogen and oxygen atoms in total. The number of fused-ring (bicyclic) bond motifs is 3. The number of benzene rings is 3. The molecule has 6 aromatic rings. The summed E-state index contributed by atoms with van der Waals surface area (Å²) in [4.78, 5) is 9.01. The largest absolute Gasteiger partial charge is 0.501 e. The summed E-state index contributed by atoms with van der Waals surface area (Å²) >= 11 is -2.25. The van der Waals surface area contributed by atoms with Crippen LogP contribution in [0.5, 0.6) is 0 Å². The van der Waals surface area contributed by atoms with E-state index in [-0.39, 0.29) is 31.2 Å². The number of furan rings is 1. The number of aryl methyl sites for hydroxylation is 1. The Morgan fingerprint density at radius 1 is 0.979 bits per heavy atom. The molecule has 0 N–H and O–H groups in total. The molecule has 7 rings (SSSR count). The van der Waals surface area contributed by atoms with E-state index in [1.165, 1.54) is 37.3 Å². The van der Waals surface area contributed by atoms with Gasteiger partial charge >= 0.3 is 135 Å². The molecule has 0 bridgehead atoms. The van der Waals surface area contributed by atoms with Gasteiger partial charge in [0, 0.05) is 31.7 Å². The number of para-hydroxylation sites is 1. The number of hydrogen-bond acceptors (Lipinski definition) is 3. The van der Waals surface area contributed by atoms with E-state index in [4.69, 9.17) is 9.90 Å². The monoisotopic (exact) mass is 869 g/mol. The molecule has 3 aromatic carbocycles. The number of rotatable bonds is 6. The Morgan fingerprint density at radius 3 is 2.47 bits per heavy atom. The summed E-state index contributed by atoms with van der Waals surface area (Å²) < 4.78 is 52.3. The Kier molecular flexibility index (Phi) is 9.55. The maximum absolute atomic E-state index is 14.5. The third-order valence-corrected chi connectivity index (χ3v) is 13.0. The van der Waals surface area contributed by atoms with Crippen molar-refractivity contribution in [2.75, 3.05) is 0 Å². The summed E-state index contributed by atoms with van der Waals surface area (Å²) in [6.07, 6.45) is 10.3. The molecule has 3 aromatic heterocycles. The zero-order chi connectivity index (χ0) is 35.8. The normalized spacial score (nSPS) is 15.3. The summed E-state index contributed by atoms with van der Waals surface area (Å²) in [5, 5.41) is 2.28. The van der Waals surface area contributed by atoms with Crippen LogP contribution in [-0.4, -0.2) is 23.2 Å². The average molecular weight is 868 g/mol. The van der Waals surface area contributed by atoms with E-state index in [9.17, 15) is 4.39 Å². The fourth-order valence-corrected chi connectivity index (χ4v) is 9.75. The van der Waals surface area contributed by atoms with Gasteiger partial charge in [0.1, 0.15) is 5.58 Å². The van der Waals surface area contributed by atoms with Crippen LogP contribution in [0, 0.1) is 30.7 Å². The van der Waals surface area contributed by atoms with Gasteiger partial charge in [-0.05, 0) is 30.2 Å². The number of hydrogen-bond donors (Lipinski definition) is 0. The topological polar surface area (TPSA) is 38.9 Å². The smallest absolute Gasteiger partial charge is 0.120 e. The predicted octanol–water partition coefficient (Wildman–Crippen LogP) is 10.8. The standard InChI is InChI=1S/C23H20NO.C18H23FGeN.Ir/c1-2-7-16(6-1)14-17-12-13-24-21(15-17)20-10-5-9-19-18-8-3-4-11-22(18)25-23(19)20;1-12(2)15-10-18(21-11-17(15)20(4,5)6)14-8-7-13(3)9-16(14)19;/h3-5,8-9,11-13,15-16H,1-2,6-7,14H2;7,9-12H,1-6H3;/q2*-1;/i;3D3,12D;. The van der Waals surface area contributed by atoms with Crippen molar-refractivity contribution in [1.29, 1.82) is 0 Å². The molecule has 245 valence electrons. The van der Waals surface area contributed by atoms with Gasteiger partial charge in [-0.15, -0.1) is 18.2 Å². The van der Waals surface area contributed by atoms with Gasteiger partial charge in [-0.3, -0.25) is 0 Å². The molecule has 1 fully saturated rings. The molecule has 1 radical (unpaired) electrons. The van der Waals surface area contributed by atoms with E-state index in [1.54, 1.807) is 26.1 Å². The molecule has 47 heavy (non-hydrogen) atoms.